The molecule has 4 heteroatoms. The van der Waals surface area contributed by atoms with Gasteiger partial charge in [-0.15, -0.1) is 0 Å². The van der Waals surface area contributed by atoms with E-state index in [1.54, 1.807) is 25.1 Å². The summed E-state index contributed by atoms with van der Waals surface area (Å²) in [4.78, 5) is 7.09. The summed E-state index contributed by atoms with van der Waals surface area (Å²) >= 11 is 0. The molecule has 81 valence electrons. The Morgan fingerprint density at radius 2 is 1.94 bits per heavy atom. The summed E-state index contributed by atoms with van der Waals surface area (Å²) in [5, 5.41) is 0. The van der Waals surface area contributed by atoms with Gasteiger partial charge in [0.1, 0.15) is 0 Å². The first-order valence-corrected chi connectivity index (χ1v) is 4.75. The summed E-state index contributed by atoms with van der Waals surface area (Å²) in [6, 6.07) is 6.08. The van der Waals surface area contributed by atoms with E-state index in [2.05, 4.69) is 9.97 Å². The van der Waals surface area contributed by atoms with Gasteiger partial charge in [0.2, 0.25) is 11.9 Å². The van der Waals surface area contributed by atoms with E-state index < -0.39 is 11.9 Å². The van der Waals surface area contributed by atoms with Gasteiger partial charge in [0.15, 0.2) is 0 Å². The average Bonchev–Trinajstić information content (AvgIpc) is 2.30. The van der Waals surface area contributed by atoms with Gasteiger partial charge >= 0.3 is 0 Å². The number of halogens is 2. The molecule has 16 heavy (non-hydrogen) atoms. The van der Waals surface area contributed by atoms with E-state index in [0.29, 0.717) is 17.0 Å². The molecule has 2 aromatic rings. The van der Waals surface area contributed by atoms with Gasteiger partial charge in [0.25, 0.3) is 0 Å². The predicted molar refractivity (Wildman–Crippen MR) is 55.5 cm³/mol. The summed E-state index contributed by atoms with van der Waals surface area (Å²) in [5.74, 6) is -0.411. The number of aromatic nitrogens is 2. The SMILES string of the molecule is C[C](c1ccc(F)nc1)c1cccnc1F. The van der Waals surface area contributed by atoms with Crippen molar-refractivity contribution in [1.82, 2.24) is 9.97 Å². The van der Waals surface area contributed by atoms with Gasteiger partial charge in [-0.05, 0) is 24.6 Å². The molecule has 0 N–H and O–H groups in total. The predicted octanol–water partition coefficient (Wildman–Crippen LogP) is 2.75. The third-order valence-electron chi connectivity index (χ3n) is 2.32. The number of nitrogens with zero attached hydrogens (tertiary/aromatic N) is 2. The van der Waals surface area contributed by atoms with Crippen LogP contribution in [0.15, 0.2) is 36.7 Å². The highest BCUT2D eigenvalue weighted by Gasteiger charge is 2.14. The molecule has 0 aliphatic heterocycles. The van der Waals surface area contributed by atoms with Crippen LogP contribution in [-0.2, 0) is 0 Å². The number of rotatable bonds is 2. The quantitative estimate of drug-likeness (QED) is 0.726. The Labute approximate surface area is 92.0 Å². The van der Waals surface area contributed by atoms with Crippen molar-refractivity contribution < 1.29 is 8.78 Å². The van der Waals surface area contributed by atoms with Crippen LogP contribution in [0.3, 0.4) is 0 Å². The maximum atomic E-state index is 13.4. The molecule has 0 atom stereocenters. The van der Waals surface area contributed by atoms with Crippen molar-refractivity contribution in [2.75, 3.05) is 0 Å². The minimum atomic E-state index is -0.553. The van der Waals surface area contributed by atoms with Crippen LogP contribution in [0.5, 0.6) is 0 Å². The Morgan fingerprint density at radius 3 is 2.56 bits per heavy atom. The molecule has 0 aliphatic rings. The molecule has 0 fully saturated rings. The molecule has 2 aromatic heterocycles. The number of hydrogen-bond donors (Lipinski definition) is 0. The fourth-order valence-electron chi connectivity index (χ4n) is 1.42. The van der Waals surface area contributed by atoms with E-state index in [0.717, 1.165) is 0 Å². The third kappa shape index (κ3) is 2.05. The van der Waals surface area contributed by atoms with Crippen LogP contribution in [0.2, 0.25) is 0 Å². The number of pyridine rings is 2. The highest BCUT2D eigenvalue weighted by molar-refractivity contribution is 5.42. The molecule has 0 unspecified atom stereocenters. The van der Waals surface area contributed by atoms with E-state index in [1.165, 1.54) is 18.5 Å². The second-order valence-electron chi connectivity index (χ2n) is 3.34. The van der Waals surface area contributed by atoms with Crippen molar-refractivity contribution in [2.24, 2.45) is 0 Å². The highest BCUT2D eigenvalue weighted by Crippen LogP contribution is 2.23. The summed E-state index contributed by atoms with van der Waals surface area (Å²) < 4.78 is 26.0. The molecule has 0 amide bonds. The van der Waals surface area contributed by atoms with Crippen LogP contribution < -0.4 is 0 Å². The largest absolute Gasteiger partial charge is 0.228 e. The molecular formula is C12H9F2N2. The first-order valence-electron chi connectivity index (χ1n) is 4.75. The molecule has 0 bridgehead atoms. The molecule has 0 aliphatic carbocycles. The Morgan fingerprint density at radius 1 is 1.12 bits per heavy atom. The van der Waals surface area contributed by atoms with E-state index in [9.17, 15) is 8.78 Å². The number of hydrogen-bond acceptors (Lipinski definition) is 2. The summed E-state index contributed by atoms with van der Waals surface area (Å²) in [6.07, 6.45) is 2.76. The molecule has 2 heterocycles. The van der Waals surface area contributed by atoms with Crippen LogP contribution in [-0.4, -0.2) is 9.97 Å². The fraction of sp³-hybridized carbons (Fsp3) is 0.0833. The van der Waals surface area contributed by atoms with Gasteiger partial charge < -0.3 is 0 Å². The smallest absolute Gasteiger partial charge is 0.216 e. The summed E-state index contributed by atoms with van der Waals surface area (Å²) in [7, 11) is 0. The van der Waals surface area contributed by atoms with Crippen LogP contribution in [0.25, 0.3) is 0 Å². The van der Waals surface area contributed by atoms with Crippen molar-refractivity contribution >= 4 is 0 Å². The van der Waals surface area contributed by atoms with Gasteiger partial charge in [-0.25, -0.2) is 9.97 Å². The van der Waals surface area contributed by atoms with Crippen molar-refractivity contribution in [3.8, 4) is 0 Å². The van der Waals surface area contributed by atoms with Gasteiger partial charge in [-0.3, -0.25) is 0 Å². The monoisotopic (exact) mass is 219 g/mol. The molecule has 0 saturated carbocycles. The molecule has 0 spiro atoms. The minimum absolute atomic E-state index is 0.399. The first kappa shape index (κ1) is 10.7. The highest BCUT2D eigenvalue weighted by atomic mass is 19.1. The normalized spacial score (nSPS) is 10.8. The van der Waals surface area contributed by atoms with Crippen molar-refractivity contribution in [3.63, 3.8) is 0 Å². The van der Waals surface area contributed by atoms with Crippen molar-refractivity contribution in [1.29, 1.82) is 0 Å². The summed E-state index contributed by atoms with van der Waals surface area (Å²) in [6.45, 7) is 1.75. The van der Waals surface area contributed by atoms with Gasteiger partial charge in [0, 0.05) is 23.9 Å². The maximum absolute atomic E-state index is 13.4. The third-order valence-corrected chi connectivity index (χ3v) is 2.32. The second kappa shape index (κ2) is 4.35. The molecular weight excluding hydrogens is 210 g/mol. The Bertz CT molecular complexity index is 483. The standard InChI is InChI=1S/C12H9F2N2/c1-8(9-4-5-11(13)16-7-9)10-3-2-6-15-12(10)14/h2-7H,1H3. The van der Waals surface area contributed by atoms with E-state index >= 15 is 0 Å². The van der Waals surface area contributed by atoms with Gasteiger partial charge in [-0.2, -0.15) is 8.78 Å². The minimum Gasteiger partial charge on any atom is -0.228 e. The molecule has 2 nitrogen and oxygen atoms in total. The fourth-order valence-corrected chi connectivity index (χ4v) is 1.42. The average molecular weight is 219 g/mol. The zero-order valence-corrected chi connectivity index (χ0v) is 8.61. The zero-order chi connectivity index (χ0) is 11.5. The van der Waals surface area contributed by atoms with Crippen LogP contribution in [0, 0.1) is 17.8 Å². The van der Waals surface area contributed by atoms with E-state index in [1.807, 2.05) is 0 Å². The van der Waals surface area contributed by atoms with E-state index in [4.69, 9.17) is 0 Å². The van der Waals surface area contributed by atoms with Crippen LogP contribution in [0.1, 0.15) is 18.1 Å². The maximum Gasteiger partial charge on any atom is 0.216 e. The lowest BCUT2D eigenvalue weighted by molar-refractivity contribution is 0.572. The molecule has 1 radical (unpaired) electrons. The zero-order valence-electron chi connectivity index (χ0n) is 8.61. The van der Waals surface area contributed by atoms with Crippen LogP contribution in [0.4, 0.5) is 8.78 Å². The second-order valence-corrected chi connectivity index (χ2v) is 3.34. The van der Waals surface area contributed by atoms with Crippen molar-refractivity contribution in [2.45, 2.75) is 6.92 Å². The lowest BCUT2D eigenvalue weighted by Crippen LogP contribution is -2.02. The lowest BCUT2D eigenvalue weighted by atomic mass is 9.96. The Kier molecular flexibility index (Phi) is 2.90. The summed E-state index contributed by atoms with van der Waals surface area (Å²) in [5.41, 5.74) is 1.07. The molecule has 2 rings (SSSR count). The topological polar surface area (TPSA) is 25.8 Å². The Balaban J connectivity index is 2.35. The first-order chi connectivity index (χ1) is 7.68. The molecule has 0 aromatic carbocycles. The van der Waals surface area contributed by atoms with Gasteiger partial charge in [0.05, 0.1) is 0 Å². The van der Waals surface area contributed by atoms with Gasteiger partial charge in [-0.1, -0.05) is 12.1 Å². The van der Waals surface area contributed by atoms with Crippen molar-refractivity contribution in [3.05, 3.63) is 65.6 Å². The lowest BCUT2D eigenvalue weighted by Gasteiger charge is -2.10. The van der Waals surface area contributed by atoms with E-state index in [-0.39, 0.29) is 0 Å². The Hall–Kier alpha value is -1.84. The molecule has 0 saturated heterocycles. The van der Waals surface area contributed by atoms with Crippen LogP contribution >= 0.6 is 0 Å².